The molecule has 1 aromatic rings. The fourth-order valence-corrected chi connectivity index (χ4v) is 6.24. The number of nitrogens with one attached hydrogen (secondary N) is 1. The number of ketones is 1. The van der Waals surface area contributed by atoms with E-state index in [2.05, 4.69) is 15.1 Å². The Morgan fingerprint density at radius 3 is 2.43 bits per heavy atom. The number of carbonyl (C=O) groups is 3. The third-order valence-corrected chi connectivity index (χ3v) is 8.40. The second kappa shape index (κ2) is 11.1. The van der Waals surface area contributed by atoms with E-state index in [-0.39, 0.29) is 30.3 Å². The van der Waals surface area contributed by atoms with Crippen molar-refractivity contribution in [3.8, 4) is 0 Å². The van der Waals surface area contributed by atoms with Gasteiger partial charge in [0, 0.05) is 58.2 Å². The number of benzene rings is 1. The van der Waals surface area contributed by atoms with Gasteiger partial charge in [0.25, 0.3) is 5.91 Å². The number of Topliss-reactive ketones (excluding diaryl/α,β-unsaturated/α-hetero) is 1. The predicted molar refractivity (Wildman–Crippen MR) is 137 cm³/mol. The molecule has 37 heavy (non-hydrogen) atoms. The Balaban J connectivity index is 1.25. The van der Waals surface area contributed by atoms with Crippen LogP contribution in [0.1, 0.15) is 36.0 Å². The maximum atomic E-state index is 13.9. The lowest BCUT2D eigenvalue weighted by Gasteiger charge is -2.36. The summed E-state index contributed by atoms with van der Waals surface area (Å²) in [6.45, 7) is 5.78. The number of piperazine rings is 1. The van der Waals surface area contributed by atoms with E-state index >= 15 is 0 Å². The van der Waals surface area contributed by atoms with Gasteiger partial charge in [0.1, 0.15) is 30.4 Å². The molecule has 1 N–H and O–H groups in total. The maximum Gasteiger partial charge on any atom is 0.252 e. The Hall–Kier alpha value is -2.53. The number of carbonyl (C=O) groups excluding carboxylic acids is 3. The molecule has 202 valence electrons. The average Bonchev–Trinajstić information content (AvgIpc) is 3.65. The first-order chi connectivity index (χ1) is 18.0. The molecular formula is C27H38N4O6. The summed E-state index contributed by atoms with van der Waals surface area (Å²) in [5.74, 6) is -0.568. The molecule has 4 aliphatic rings. The molecule has 1 saturated carbocycles. The number of methoxy groups -OCH3 is 2. The topological polar surface area (TPSA) is 101 Å². The first kappa shape index (κ1) is 26.1. The zero-order valence-electron chi connectivity index (χ0n) is 21.8. The summed E-state index contributed by atoms with van der Waals surface area (Å²) in [5.41, 5.74) is 0.601. The molecule has 0 radical (unpaired) electrons. The van der Waals surface area contributed by atoms with E-state index in [9.17, 15) is 14.4 Å². The van der Waals surface area contributed by atoms with Crippen molar-refractivity contribution in [2.75, 3.05) is 71.6 Å². The van der Waals surface area contributed by atoms with Crippen molar-refractivity contribution in [1.82, 2.24) is 15.1 Å². The van der Waals surface area contributed by atoms with E-state index in [0.717, 1.165) is 57.9 Å². The quantitative estimate of drug-likeness (QED) is 0.541. The van der Waals surface area contributed by atoms with E-state index in [1.54, 1.807) is 19.1 Å². The minimum atomic E-state index is -1.01. The van der Waals surface area contributed by atoms with Crippen molar-refractivity contribution >= 4 is 23.3 Å². The number of hydrogen-bond donors (Lipinski definition) is 1. The van der Waals surface area contributed by atoms with Gasteiger partial charge in [-0.3, -0.25) is 19.3 Å². The normalized spacial score (nSPS) is 27.5. The molecule has 3 saturated heterocycles. The highest BCUT2D eigenvalue weighted by atomic mass is 16.5. The van der Waals surface area contributed by atoms with Crippen LogP contribution in [0.2, 0.25) is 0 Å². The first-order valence-corrected chi connectivity index (χ1v) is 13.3. The molecule has 10 heteroatoms. The van der Waals surface area contributed by atoms with Crippen LogP contribution in [0.15, 0.2) is 24.3 Å². The van der Waals surface area contributed by atoms with Crippen molar-refractivity contribution in [2.24, 2.45) is 0 Å². The minimum absolute atomic E-state index is 0.00706. The molecule has 0 unspecified atom stereocenters. The molecule has 3 aliphatic heterocycles. The number of anilines is 1. The highest BCUT2D eigenvalue weighted by Crippen LogP contribution is 2.37. The summed E-state index contributed by atoms with van der Waals surface area (Å²) >= 11 is 0. The van der Waals surface area contributed by atoms with Gasteiger partial charge in [0.15, 0.2) is 5.78 Å². The smallest absolute Gasteiger partial charge is 0.252 e. The Bertz CT molecular complexity index is 987. The lowest BCUT2D eigenvalue weighted by molar-refractivity contribution is -0.142. The van der Waals surface area contributed by atoms with Gasteiger partial charge in [-0.15, -0.1) is 0 Å². The third-order valence-electron chi connectivity index (χ3n) is 8.40. The summed E-state index contributed by atoms with van der Waals surface area (Å²) in [6.07, 6.45) is 2.03. The molecule has 10 nitrogen and oxygen atoms in total. The molecule has 1 aromatic carbocycles. The van der Waals surface area contributed by atoms with Crippen LogP contribution in [0.25, 0.3) is 0 Å². The van der Waals surface area contributed by atoms with Crippen LogP contribution in [0, 0.1) is 0 Å². The summed E-state index contributed by atoms with van der Waals surface area (Å²) in [6, 6.07) is 6.98. The number of likely N-dealkylation sites (tertiary alicyclic amines) is 1. The fraction of sp³-hybridized carbons (Fsp3) is 0.667. The van der Waals surface area contributed by atoms with Gasteiger partial charge in [-0.05, 0) is 37.1 Å². The Morgan fingerprint density at radius 2 is 1.78 bits per heavy atom. The van der Waals surface area contributed by atoms with Crippen LogP contribution in [0.4, 0.5) is 5.69 Å². The first-order valence-electron chi connectivity index (χ1n) is 13.3. The van der Waals surface area contributed by atoms with Crippen LogP contribution >= 0.6 is 0 Å². The van der Waals surface area contributed by atoms with Crippen LogP contribution in [0.3, 0.4) is 0 Å². The van der Waals surface area contributed by atoms with Crippen LogP contribution in [0.5, 0.6) is 0 Å². The Kier molecular flexibility index (Phi) is 7.80. The highest BCUT2D eigenvalue weighted by Gasteiger charge is 2.56. The number of ether oxygens (including phenoxy) is 3. The highest BCUT2D eigenvalue weighted by molar-refractivity contribution is 6.01. The van der Waals surface area contributed by atoms with E-state index in [4.69, 9.17) is 14.2 Å². The molecule has 3 atom stereocenters. The van der Waals surface area contributed by atoms with E-state index in [1.165, 1.54) is 0 Å². The molecule has 5 rings (SSSR count). The summed E-state index contributed by atoms with van der Waals surface area (Å²) in [7, 11) is 3.29. The third kappa shape index (κ3) is 5.12. The predicted octanol–water partition coefficient (Wildman–Crippen LogP) is 0.691. The summed E-state index contributed by atoms with van der Waals surface area (Å²) < 4.78 is 16.3. The largest absolute Gasteiger partial charge is 0.383 e. The molecular weight excluding hydrogens is 476 g/mol. The number of nitrogens with zero attached hydrogens (tertiary/aromatic N) is 3. The van der Waals surface area contributed by atoms with Crippen molar-refractivity contribution in [2.45, 2.75) is 49.5 Å². The maximum absolute atomic E-state index is 13.9. The average molecular weight is 515 g/mol. The zero-order chi connectivity index (χ0) is 26.0. The number of hydrogen-bond acceptors (Lipinski definition) is 8. The Morgan fingerprint density at radius 1 is 1.08 bits per heavy atom. The van der Waals surface area contributed by atoms with Crippen molar-refractivity contribution < 1.29 is 28.6 Å². The number of rotatable bonds is 8. The fourth-order valence-electron chi connectivity index (χ4n) is 6.24. The Labute approximate surface area is 218 Å². The van der Waals surface area contributed by atoms with E-state index < -0.39 is 17.7 Å². The van der Waals surface area contributed by atoms with Crippen molar-refractivity contribution in [3.63, 3.8) is 0 Å². The SMILES string of the molecule is COCCN1CCN(c2ccc(C(=O)NC3(C(=O)N4C[C@H](OC)[C@H]5OCC(=O)[C@H]54)CCCC3)cc2)CC1. The van der Waals surface area contributed by atoms with Crippen molar-refractivity contribution in [3.05, 3.63) is 29.8 Å². The van der Waals surface area contributed by atoms with Gasteiger partial charge >= 0.3 is 0 Å². The van der Waals surface area contributed by atoms with Crippen LogP contribution in [-0.2, 0) is 23.8 Å². The summed E-state index contributed by atoms with van der Waals surface area (Å²) in [5, 5.41) is 3.08. The second-order valence-electron chi connectivity index (χ2n) is 10.5. The van der Waals surface area contributed by atoms with Gasteiger partial charge in [-0.25, -0.2) is 0 Å². The van der Waals surface area contributed by atoms with Gasteiger partial charge < -0.3 is 29.3 Å². The summed E-state index contributed by atoms with van der Waals surface area (Å²) in [4.78, 5) is 46.1. The molecule has 1 aliphatic carbocycles. The minimum Gasteiger partial charge on any atom is -0.383 e. The van der Waals surface area contributed by atoms with Gasteiger partial charge in [-0.2, -0.15) is 0 Å². The van der Waals surface area contributed by atoms with E-state index in [0.29, 0.717) is 24.9 Å². The lowest BCUT2D eigenvalue weighted by Crippen LogP contribution is -2.60. The molecule has 0 aromatic heterocycles. The molecule has 0 bridgehead atoms. The van der Waals surface area contributed by atoms with Gasteiger partial charge in [0.05, 0.1) is 13.2 Å². The number of amides is 2. The standard InChI is InChI=1S/C27H38N4O6/c1-35-16-15-29-11-13-30(14-12-29)20-7-5-19(6-8-20)25(33)28-27(9-3-4-10-27)26(34)31-17-22(36-2)24-23(31)21(32)18-37-24/h5-8,22-24H,3-4,9-18H2,1-2H3,(H,28,33)/t22-,23+,24+/m0/s1. The molecule has 2 amide bonds. The number of fused-ring (bicyclic) bond motifs is 1. The second-order valence-corrected chi connectivity index (χ2v) is 10.5. The van der Waals surface area contributed by atoms with E-state index in [1.807, 2.05) is 24.3 Å². The van der Waals surface area contributed by atoms with Gasteiger partial charge in [0.2, 0.25) is 5.91 Å². The molecule has 0 spiro atoms. The van der Waals surface area contributed by atoms with Crippen LogP contribution in [-0.4, -0.2) is 118 Å². The van der Waals surface area contributed by atoms with Gasteiger partial charge in [-0.1, -0.05) is 12.8 Å². The van der Waals surface area contributed by atoms with Crippen LogP contribution < -0.4 is 10.2 Å². The monoisotopic (exact) mass is 514 g/mol. The molecule has 3 heterocycles. The zero-order valence-corrected chi connectivity index (χ0v) is 21.8. The molecule has 4 fully saturated rings. The van der Waals surface area contributed by atoms with Crippen molar-refractivity contribution in [1.29, 1.82) is 0 Å². The lowest BCUT2D eigenvalue weighted by atomic mass is 9.93.